The van der Waals surface area contributed by atoms with E-state index in [0.717, 1.165) is 58.2 Å². The molecule has 1 saturated carbocycles. The number of halogens is 2. The van der Waals surface area contributed by atoms with Gasteiger partial charge in [0.2, 0.25) is 5.88 Å². The molecule has 4 aromatic rings. The van der Waals surface area contributed by atoms with Crippen molar-refractivity contribution in [1.82, 2.24) is 20.1 Å². The fourth-order valence-electron chi connectivity index (χ4n) is 5.43. The van der Waals surface area contributed by atoms with Crippen LogP contribution in [0.5, 0.6) is 5.88 Å². The number of hydrogen-bond donors (Lipinski definition) is 3. The average Bonchev–Trinajstić information content (AvgIpc) is 3.00. The van der Waals surface area contributed by atoms with E-state index in [1.165, 1.54) is 13.2 Å². The molecule has 11 heteroatoms. The van der Waals surface area contributed by atoms with E-state index in [1.807, 2.05) is 43.3 Å². The van der Waals surface area contributed by atoms with Gasteiger partial charge in [-0.15, -0.1) is 0 Å². The van der Waals surface area contributed by atoms with E-state index < -0.39 is 11.5 Å². The second kappa shape index (κ2) is 13.3. The SMILES string of the molecule is COc1nc(-c2cccc(-c3cccc(NC(=O)c4c(Cl)cnn(C)c4=O)c3C)c2Cl)ccc1CNC1CCCC[C@@H]1O. The maximum Gasteiger partial charge on any atom is 0.280 e. The summed E-state index contributed by atoms with van der Waals surface area (Å²) in [5, 5.41) is 20.9. The Morgan fingerprint density at radius 3 is 2.56 bits per heavy atom. The number of anilines is 1. The molecule has 224 valence electrons. The predicted octanol–water partition coefficient (Wildman–Crippen LogP) is 5.78. The quantitative estimate of drug-likeness (QED) is 0.228. The van der Waals surface area contributed by atoms with E-state index in [2.05, 4.69) is 15.7 Å². The van der Waals surface area contributed by atoms with Gasteiger partial charge in [0.15, 0.2) is 0 Å². The monoisotopic (exact) mass is 621 g/mol. The summed E-state index contributed by atoms with van der Waals surface area (Å²) in [5.41, 5.74) is 4.31. The van der Waals surface area contributed by atoms with Crippen LogP contribution in [0.15, 0.2) is 59.5 Å². The number of amides is 1. The number of aromatic nitrogens is 3. The van der Waals surface area contributed by atoms with E-state index in [0.29, 0.717) is 28.8 Å². The van der Waals surface area contributed by atoms with Gasteiger partial charge in [0.25, 0.3) is 11.5 Å². The van der Waals surface area contributed by atoms with Gasteiger partial charge in [0.1, 0.15) is 5.56 Å². The van der Waals surface area contributed by atoms with E-state index in [4.69, 9.17) is 32.9 Å². The number of aliphatic hydroxyl groups is 1. The minimum Gasteiger partial charge on any atom is -0.481 e. The lowest BCUT2D eigenvalue weighted by atomic mass is 9.92. The van der Waals surface area contributed by atoms with Crippen molar-refractivity contribution >= 4 is 34.8 Å². The number of hydrogen-bond acceptors (Lipinski definition) is 7. The first kappa shape index (κ1) is 30.7. The molecule has 9 nitrogen and oxygen atoms in total. The standard InChI is InChI=1S/C32H33Cl2N5O4/c1-18-20(8-7-12-24(18)37-30(41)28-23(33)17-36-39(2)32(28)42)21-9-6-10-22(29(21)34)25-15-14-19(31(38-25)43-3)16-35-26-11-4-5-13-27(26)40/h6-10,12,14-15,17,26-27,35,40H,4-5,11,13,16H2,1-3H3,(H,37,41)/t26?,27-/m0/s1. The summed E-state index contributed by atoms with van der Waals surface area (Å²) in [7, 11) is 3.04. The van der Waals surface area contributed by atoms with Gasteiger partial charge in [-0.25, -0.2) is 9.67 Å². The van der Waals surface area contributed by atoms with Gasteiger partial charge in [-0.1, -0.05) is 72.4 Å². The van der Waals surface area contributed by atoms with E-state index in [-0.39, 0.29) is 22.7 Å². The Bertz CT molecular complexity index is 1720. The van der Waals surface area contributed by atoms with Crippen LogP contribution in [0, 0.1) is 6.92 Å². The number of rotatable bonds is 8. The molecule has 0 spiro atoms. The molecule has 1 aliphatic rings. The van der Waals surface area contributed by atoms with Crippen molar-refractivity contribution in [3.63, 3.8) is 0 Å². The Kier molecular flexibility index (Phi) is 9.46. The molecule has 3 N–H and O–H groups in total. The fraction of sp³-hybridized carbons (Fsp3) is 0.312. The van der Waals surface area contributed by atoms with Crippen LogP contribution < -0.4 is 20.9 Å². The van der Waals surface area contributed by atoms with E-state index in [9.17, 15) is 14.7 Å². The smallest absolute Gasteiger partial charge is 0.280 e. The molecule has 2 aromatic carbocycles. The number of methoxy groups -OCH3 is 1. The Hall–Kier alpha value is -3.76. The number of carbonyl (C=O) groups excluding carboxylic acids is 1. The van der Waals surface area contributed by atoms with Crippen molar-refractivity contribution in [2.24, 2.45) is 7.05 Å². The molecule has 2 heterocycles. The topological polar surface area (TPSA) is 118 Å². The van der Waals surface area contributed by atoms with E-state index in [1.54, 1.807) is 19.2 Å². The largest absolute Gasteiger partial charge is 0.481 e. The van der Waals surface area contributed by atoms with Crippen molar-refractivity contribution in [1.29, 1.82) is 0 Å². The minimum absolute atomic E-state index is 0.0264. The first-order valence-corrected chi connectivity index (χ1v) is 14.8. The van der Waals surface area contributed by atoms with Crippen molar-refractivity contribution < 1.29 is 14.6 Å². The maximum atomic E-state index is 13.1. The summed E-state index contributed by atoms with van der Waals surface area (Å²) < 4.78 is 6.69. The second-order valence-corrected chi connectivity index (χ2v) is 11.4. The molecule has 43 heavy (non-hydrogen) atoms. The highest BCUT2D eigenvalue weighted by atomic mass is 35.5. The van der Waals surface area contributed by atoms with Crippen LogP contribution in [-0.4, -0.2) is 45.0 Å². The Morgan fingerprint density at radius 2 is 1.79 bits per heavy atom. The summed E-state index contributed by atoms with van der Waals surface area (Å²) in [4.78, 5) is 30.3. The van der Waals surface area contributed by atoms with Crippen molar-refractivity contribution in [2.45, 2.75) is 51.3 Å². The number of carbonyl (C=O) groups is 1. The number of nitrogens with zero attached hydrogens (tertiary/aromatic N) is 3. The molecular formula is C32H33Cl2N5O4. The first-order chi connectivity index (χ1) is 20.7. The zero-order valence-corrected chi connectivity index (χ0v) is 25.7. The Labute approximate surface area is 259 Å². The molecule has 0 bridgehead atoms. The van der Waals surface area contributed by atoms with Gasteiger partial charge >= 0.3 is 0 Å². The molecule has 0 radical (unpaired) electrons. The molecular weight excluding hydrogens is 589 g/mol. The number of pyridine rings is 1. The molecule has 1 fully saturated rings. The summed E-state index contributed by atoms with van der Waals surface area (Å²) in [6.45, 7) is 2.40. The van der Waals surface area contributed by atoms with Crippen LogP contribution >= 0.6 is 23.2 Å². The Morgan fingerprint density at radius 1 is 1.07 bits per heavy atom. The number of ether oxygens (including phenoxy) is 1. The lowest BCUT2D eigenvalue weighted by Crippen LogP contribution is -2.41. The molecule has 0 aliphatic heterocycles. The summed E-state index contributed by atoms with van der Waals surface area (Å²) in [6.07, 6.45) is 4.83. The first-order valence-electron chi connectivity index (χ1n) is 14.1. The van der Waals surface area contributed by atoms with Crippen LogP contribution in [0.3, 0.4) is 0 Å². The fourth-order valence-corrected chi connectivity index (χ4v) is 5.97. The zero-order valence-electron chi connectivity index (χ0n) is 24.2. The highest BCUT2D eigenvalue weighted by Crippen LogP contribution is 2.39. The highest BCUT2D eigenvalue weighted by Gasteiger charge is 2.23. The summed E-state index contributed by atoms with van der Waals surface area (Å²) in [5.74, 6) is -0.143. The third kappa shape index (κ3) is 6.45. The second-order valence-electron chi connectivity index (χ2n) is 10.6. The highest BCUT2D eigenvalue weighted by molar-refractivity contribution is 6.36. The molecule has 1 aliphatic carbocycles. The van der Waals surface area contributed by atoms with Crippen LogP contribution in [0.25, 0.3) is 22.4 Å². The summed E-state index contributed by atoms with van der Waals surface area (Å²) >= 11 is 13.1. The van der Waals surface area contributed by atoms with Crippen molar-refractivity contribution in [2.75, 3.05) is 12.4 Å². The van der Waals surface area contributed by atoms with Crippen LogP contribution in [0.2, 0.25) is 10.0 Å². The van der Waals surface area contributed by atoms with Gasteiger partial charge in [0, 0.05) is 42.0 Å². The van der Waals surface area contributed by atoms with Gasteiger partial charge in [-0.3, -0.25) is 9.59 Å². The van der Waals surface area contributed by atoms with Gasteiger partial charge in [0.05, 0.1) is 35.1 Å². The summed E-state index contributed by atoms with van der Waals surface area (Å²) in [6, 6.07) is 15.1. The molecule has 2 atom stereocenters. The Balaban J connectivity index is 1.42. The number of aryl methyl sites for hydroxylation is 1. The van der Waals surface area contributed by atoms with Crippen LogP contribution in [0.1, 0.15) is 47.2 Å². The maximum absolute atomic E-state index is 13.1. The third-order valence-corrected chi connectivity index (χ3v) is 8.58. The normalized spacial score (nSPS) is 16.6. The van der Waals surface area contributed by atoms with Crippen molar-refractivity contribution in [3.8, 4) is 28.3 Å². The zero-order chi connectivity index (χ0) is 30.7. The number of nitrogens with one attached hydrogen (secondary N) is 2. The van der Waals surface area contributed by atoms with Crippen LogP contribution in [0.4, 0.5) is 5.69 Å². The average molecular weight is 623 g/mol. The number of aliphatic hydroxyl groups excluding tert-OH is 1. The molecule has 5 rings (SSSR count). The molecule has 2 aromatic heterocycles. The predicted molar refractivity (Wildman–Crippen MR) is 169 cm³/mol. The molecule has 1 unspecified atom stereocenters. The third-order valence-electron chi connectivity index (χ3n) is 7.88. The van der Waals surface area contributed by atoms with Crippen LogP contribution in [-0.2, 0) is 13.6 Å². The van der Waals surface area contributed by atoms with Gasteiger partial charge in [-0.2, -0.15) is 5.10 Å². The van der Waals surface area contributed by atoms with Gasteiger partial charge < -0.3 is 20.5 Å². The molecule has 1 amide bonds. The van der Waals surface area contributed by atoms with Gasteiger partial charge in [-0.05, 0) is 43.0 Å². The minimum atomic E-state index is -0.628. The van der Waals surface area contributed by atoms with E-state index >= 15 is 0 Å². The lowest BCUT2D eigenvalue weighted by Gasteiger charge is -2.28. The lowest BCUT2D eigenvalue weighted by molar-refractivity contribution is 0.0901. The molecule has 0 saturated heterocycles. The number of benzene rings is 2. The van der Waals surface area contributed by atoms with Crippen molar-refractivity contribution in [3.05, 3.63) is 91.8 Å².